The zero-order valence-corrected chi connectivity index (χ0v) is 12.5. The highest BCUT2D eigenvalue weighted by Gasteiger charge is 2.41. The molecule has 1 heterocycles. The highest BCUT2D eigenvalue weighted by Crippen LogP contribution is 2.38. The largest absolute Gasteiger partial charge is 0.353 e. The van der Waals surface area contributed by atoms with Crippen molar-refractivity contribution in [2.75, 3.05) is 4.90 Å². The Morgan fingerprint density at radius 1 is 1.20 bits per heavy atom. The molecule has 0 amide bonds. The van der Waals surface area contributed by atoms with Crippen LogP contribution in [0.25, 0.3) is 0 Å². The van der Waals surface area contributed by atoms with E-state index in [1.807, 2.05) is 36.1 Å². The summed E-state index contributed by atoms with van der Waals surface area (Å²) in [5, 5.41) is 0. The summed E-state index contributed by atoms with van der Waals surface area (Å²) in [7, 11) is 0. The molecule has 0 N–H and O–H groups in total. The molecule has 2 nitrogen and oxygen atoms in total. The van der Waals surface area contributed by atoms with Crippen LogP contribution in [0.4, 0.5) is 5.69 Å². The second-order valence-corrected chi connectivity index (χ2v) is 6.29. The average molecular weight is 276 g/mol. The lowest BCUT2D eigenvalue weighted by Crippen LogP contribution is -2.39. The normalized spacial score (nSPS) is 34.6. The molecular formula is C18H27NO. The molecule has 3 rings (SSSR count). The molecule has 1 saturated heterocycles. The summed E-state index contributed by atoms with van der Waals surface area (Å²) in [6, 6.07) is 8.09. The number of hydrogen-bond donors (Lipinski definition) is 0. The summed E-state index contributed by atoms with van der Waals surface area (Å²) in [6.07, 6.45) is 5.25. The molecule has 1 saturated carbocycles. The van der Waals surface area contributed by atoms with Crippen LogP contribution in [0.3, 0.4) is 0 Å². The Balaban J connectivity index is 1.93. The quantitative estimate of drug-likeness (QED) is 0.787. The maximum atomic E-state index is 7.94. The van der Waals surface area contributed by atoms with Gasteiger partial charge in [0.2, 0.25) is 0 Å². The summed E-state index contributed by atoms with van der Waals surface area (Å²) in [5.74, 6) is 0.484. The van der Waals surface area contributed by atoms with Crippen LogP contribution >= 0.6 is 0 Å². The average Bonchev–Trinajstić information content (AvgIpc) is 2.86. The standard InChI is InChI=1S/C18H27NO/c1-13-9-7-8-12-17(13)19-14(2)18(20-15(19)3)16-10-5-4-6-11-16/h7-9,12,14-16,18H,4-6,10-11H2,1-3H3/t14-,15?,18?/m0/s1/i3D3. The van der Waals surface area contributed by atoms with Crippen molar-refractivity contribution < 1.29 is 8.85 Å². The van der Waals surface area contributed by atoms with E-state index in [0.717, 1.165) is 24.1 Å². The third kappa shape index (κ3) is 2.46. The topological polar surface area (TPSA) is 12.5 Å². The Morgan fingerprint density at radius 2 is 1.95 bits per heavy atom. The van der Waals surface area contributed by atoms with Gasteiger partial charge >= 0.3 is 0 Å². The summed E-state index contributed by atoms with van der Waals surface area (Å²) in [4.78, 5) is 2.00. The second kappa shape index (κ2) is 5.77. The van der Waals surface area contributed by atoms with E-state index >= 15 is 0 Å². The minimum atomic E-state index is -2.14. The number of hydrogen-bond acceptors (Lipinski definition) is 2. The van der Waals surface area contributed by atoms with Gasteiger partial charge in [-0.2, -0.15) is 0 Å². The Kier molecular flexibility index (Phi) is 3.08. The molecule has 0 aromatic heterocycles. The fraction of sp³-hybridized carbons (Fsp3) is 0.667. The smallest absolute Gasteiger partial charge is 0.128 e. The van der Waals surface area contributed by atoms with Gasteiger partial charge in [-0.15, -0.1) is 0 Å². The lowest BCUT2D eigenvalue weighted by atomic mass is 9.83. The molecule has 1 aliphatic carbocycles. The Morgan fingerprint density at radius 3 is 2.65 bits per heavy atom. The molecule has 3 atom stereocenters. The van der Waals surface area contributed by atoms with Crippen molar-refractivity contribution in [2.24, 2.45) is 5.92 Å². The molecule has 1 aromatic carbocycles. The first-order valence-corrected chi connectivity index (χ1v) is 7.89. The van der Waals surface area contributed by atoms with Gasteiger partial charge in [-0.25, -0.2) is 0 Å². The number of para-hydroxylation sites is 1. The van der Waals surface area contributed by atoms with Crippen molar-refractivity contribution in [3.63, 3.8) is 0 Å². The van der Waals surface area contributed by atoms with E-state index in [1.165, 1.54) is 19.3 Å². The van der Waals surface area contributed by atoms with Gasteiger partial charge in [0.05, 0.1) is 12.1 Å². The summed E-state index contributed by atoms with van der Waals surface area (Å²) in [6.45, 7) is 2.02. The first-order chi connectivity index (χ1) is 10.9. The lowest BCUT2D eigenvalue weighted by Gasteiger charge is -2.32. The Bertz CT molecular complexity index is 539. The molecule has 2 aliphatic rings. The fourth-order valence-electron chi connectivity index (χ4n) is 3.87. The van der Waals surface area contributed by atoms with E-state index < -0.39 is 13.1 Å². The maximum Gasteiger partial charge on any atom is 0.128 e. The predicted octanol–water partition coefficient (Wildman–Crippen LogP) is 4.52. The van der Waals surface area contributed by atoms with E-state index in [4.69, 9.17) is 8.85 Å². The van der Waals surface area contributed by atoms with Crippen LogP contribution in [0.2, 0.25) is 0 Å². The molecular weight excluding hydrogens is 246 g/mol. The van der Waals surface area contributed by atoms with Crippen LogP contribution in [0.5, 0.6) is 0 Å². The highest BCUT2D eigenvalue weighted by molar-refractivity contribution is 5.55. The number of anilines is 1. The van der Waals surface area contributed by atoms with Gasteiger partial charge in [-0.1, -0.05) is 37.5 Å². The number of aryl methyl sites for hydroxylation is 1. The molecule has 0 radical (unpaired) electrons. The third-order valence-corrected chi connectivity index (χ3v) is 4.96. The van der Waals surface area contributed by atoms with E-state index in [-0.39, 0.29) is 12.1 Å². The number of benzene rings is 1. The minimum Gasteiger partial charge on any atom is -0.353 e. The van der Waals surface area contributed by atoms with E-state index in [9.17, 15) is 0 Å². The van der Waals surface area contributed by atoms with Gasteiger partial charge in [-0.3, -0.25) is 0 Å². The Hall–Kier alpha value is -1.02. The molecule has 110 valence electrons. The van der Waals surface area contributed by atoms with Crippen LogP contribution in [0.15, 0.2) is 24.3 Å². The van der Waals surface area contributed by atoms with Crippen LogP contribution in [-0.2, 0) is 4.74 Å². The van der Waals surface area contributed by atoms with E-state index in [1.54, 1.807) is 0 Å². The zero-order valence-electron chi connectivity index (χ0n) is 15.5. The van der Waals surface area contributed by atoms with Gasteiger partial charge in [0, 0.05) is 9.80 Å². The molecule has 20 heavy (non-hydrogen) atoms. The highest BCUT2D eigenvalue weighted by atomic mass is 16.5. The molecule has 1 aromatic rings. The first kappa shape index (κ1) is 10.7. The van der Waals surface area contributed by atoms with Crippen molar-refractivity contribution >= 4 is 5.69 Å². The second-order valence-electron chi connectivity index (χ2n) is 6.29. The maximum absolute atomic E-state index is 7.94. The molecule has 2 heteroatoms. The lowest BCUT2D eigenvalue weighted by molar-refractivity contribution is 0.00500. The number of ether oxygens (including phenoxy) is 1. The van der Waals surface area contributed by atoms with Crippen LogP contribution in [-0.4, -0.2) is 18.4 Å². The van der Waals surface area contributed by atoms with Gasteiger partial charge < -0.3 is 9.64 Å². The molecule has 2 fully saturated rings. The van der Waals surface area contributed by atoms with Crippen LogP contribution < -0.4 is 4.90 Å². The summed E-state index contributed by atoms with van der Waals surface area (Å²) in [5.41, 5.74) is 2.08. The summed E-state index contributed by atoms with van der Waals surface area (Å²) >= 11 is 0. The fourth-order valence-corrected chi connectivity index (χ4v) is 3.87. The van der Waals surface area contributed by atoms with Gasteiger partial charge in [0.1, 0.15) is 6.23 Å². The third-order valence-electron chi connectivity index (χ3n) is 4.96. The monoisotopic (exact) mass is 276 g/mol. The summed E-state index contributed by atoms with van der Waals surface area (Å²) < 4.78 is 30.0. The van der Waals surface area contributed by atoms with Crippen LogP contribution in [0, 0.1) is 12.8 Å². The van der Waals surface area contributed by atoms with Crippen molar-refractivity contribution in [2.45, 2.75) is 71.2 Å². The minimum absolute atomic E-state index is 0.0142. The number of nitrogens with zero attached hydrogens (tertiary/aromatic N) is 1. The first-order valence-electron chi connectivity index (χ1n) is 9.39. The number of rotatable bonds is 2. The van der Waals surface area contributed by atoms with Crippen molar-refractivity contribution in [3.8, 4) is 0 Å². The molecule has 0 spiro atoms. The Labute approximate surface area is 127 Å². The van der Waals surface area contributed by atoms with E-state index in [2.05, 4.69) is 6.92 Å². The van der Waals surface area contributed by atoms with Crippen molar-refractivity contribution in [1.82, 2.24) is 0 Å². The molecule has 2 unspecified atom stereocenters. The zero-order chi connectivity index (χ0) is 16.6. The van der Waals surface area contributed by atoms with Crippen molar-refractivity contribution in [1.29, 1.82) is 0 Å². The van der Waals surface area contributed by atoms with Gasteiger partial charge in [-0.05, 0) is 51.1 Å². The predicted molar refractivity (Wildman–Crippen MR) is 84.0 cm³/mol. The van der Waals surface area contributed by atoms with Crippen molar-refractivity contribution in [3.05, 3.63) is 29.8 Å². The van der Waals surface area contributed by atoms with Gasteiger partial charge in [0.25, 0.3) is 0 Å². The molecule has 1 aliphatic heterocycles. The van der Waals surface area contributed by atoms with Gasteiger partial charge in [0.15, 0.2) is 0 Å². The van der Waals surface area contributed by atoms with E-state index in [0.29, 0.717) is 5.92 Å². The SMILES string of the molecule is [2H]C([2H])([2H])C1OC(C2CCCCC2)[C@H](C)N1c1ccccc1C. The molecule has 0 bridgehead atoms. The van der Waals surface area contributed by atoms with Crippen LogP contribution in [0.1, 0.15) is 55.6 Å².